The van der Waals surface area contributed by atoms with Crippen LogP contribution in [-0.4, -0.2) is 16.2 Å². The van der Waals surface area contributed by atoms with E-state index in [1.807, 2.05) is 0 Å². The number of hydrogen-bond acceptors (Lipinski definition) is 5. The van der Waals surface area contributed by atoms with Crippen LogP contribution in [0.2, 0.25) is 0 Å². The highest BCUT2D eigenvalue weighted by atomic mass is 19.4. The van der Waals surface area contributed by atoms with Gasteiger partial charge in [0.2, 0.25) is 0 Å². The van der Waals surface area contributed by atoms with E-state index in [0.717, 1.165) is 0 Å². The van der Waals surface area contributed by atoms with E-state index in [0.29, 0.717) is 17.7 Å². The van der Waals surface area contributed by atoms with Crippen molar-refractivity contribution in [2.75, 3.05) is 5.73 Å². The molecule has 23 heavy (non-hydrogen) atoms. The first-order valence-corrected chi connectivity index (χ1v) is 6.16. The molecule has 0 aliphatic carbocycles. The van der Waals surface area contributed by atoms with Crippen molar-refractivity contribution in [1.29, 1.82) is 0 Å². The Labute approximate surface area is 127 Å². The van der Waals surface area contributed by atoms with Gasteiger partial charge in [0.05, 0.1) is 16.2 Å². The zero-order valence-corrected chi connectivity index (χ0v) is 11.4. The molecule has 6 nitrogen and oxygen atoms in total. The van der Waals surface area contributed by atoms with Gasteiger partial charge in [-0.3, -0.25) is 15.1 Å². The monoisotopic (exact) mass is 325 g/mol. The molecule has 0 bridgehead atoms. The molecule has 0 aliphatic rings. The van der Waals surface area contributed by atoms with Crippen molar-refractivity contribution in [3.05, 3.63) is 57.6 Å². The number of aliphatic imine (C=N–C) groups is 1. The largest absolute Gasteiger partial charge is 0.508 e. The summed E-state index contributed by atoms with van der Waals surface area (Å²) >= 11 is 0. The zero-order chi connectivity index (χ0) is 17.2. The minimum Gasteiger partial charge on any atom is -0.508 e. The van der Waals surface area contributed by atoms with Crippen molar-refractivity contribution in [2.24, 2.45) is 4.99 Å². The Hall–Kier alpha value is -3.10. The Morgan fingerprint density at radius 2 is 1.83 bits per heavy atom. The molecule has 0 aromatic heterocycles. The molecule has 0 saturated heterocycles. The summed E-state index contributed by atoms with van der Waals surface area (Å²) < 4.78 is 38.4. The summed E-state index contributed by atoms with van der Waals surface area (Å²) in [5, 5.41) is 20.0. The maximum Gasteiger partial charge on any atom is 0.416 e. The van der Waals surface area contributed by atoms with Crippen LogP contribution in [-0.2, 0) is 6.18 Å². The number of halogens is 3. The molecule has 120 valence electrons. The molecule has 0 unspecified atom stereocenters. The van der Waals surface area contributed by atoms with Gasteiger partial charge in [-0.15, -0.1) is 0 Å². The van der Waals surface area contributed by atoms with E-state index in [1.165, 1.54) is 30.5 Å². The molecule has 0 spiro atoms. The molecule has 2 aromatic rings. The van der Waals surface area contributed by atoms with Gasteiger partial charge in [0.15, 0.2) is 0 Å². The number of phenols is 1. The maximum atomic E-state index is 12.8. The van der Waals surface area contributed by atoms with Crippen molar-refractivity contribution >= 4 is 23.3 Å². The Morgan fingerprint density at radius 3 is 2.35 bits per heavy atom. The summed E-state index contributed by atoms with van der Waals surface area (Å²) in [6, 6.07) is 6.67. The second-order valence-corrected chi connectivity index (χ2v) is 4.53. The Bertz CT molecular complexity index is 771. The SMILES string of the molecule is Nc1c(N=Cc2ccc(O)cc2)cc(C(F)(F)F)cc1[N+](=O)[O-]. The minimum absolute atomic E-state index is 0.0105. The number of aromatic hydroxyl groups is 1. The number of benzene rings is 2. The number of nitrogens with zero attached hydrogens (tertiary/aromatic N) is 2. The van der Waals surface area contributed by atoms with Gasteiger partial charge in [-0.1, -0.05) is 0 Å². The van der Waals surface area contributed by atoms with Gasteiger partial charge in [-0.2, -0.15) is 13.2 Å². The Kier molecular flexibility index (Phi) is 4.21. The first kappa shape index (κ1) is 16.3. The predicted octanol–water partition coefficient (Wildman–Crippen LogP) is 3.65. The fraction of sp³-hybridized carbons (Fsp3) is 0.0714. The highest BCUT2D eigenvalue weighted by molar-refractivity contribution is 5.86. The average molecular weight is 325 g/mol. The number of phenolic OH excluding ortho intramolecular Hbond substituents is 1. The topological polar surface area (TPSA) is 102 Å². The highest BCUT2D eigenvalue weighted by Gasteiger charge is 2.34. The van der Waals surface area contributed by atoms with Crippen LogP contribution in [0.1, 0.15) is 11.1 Å². The van der Waals surface area contributed by atoms with E-state index in [1.54, 1.807) is 0 Å². The number of rotatable bonds is 3. The fourth-order valence-electron chi connectivity index (χ4n) is 1.75. The lowest BCUT2D eigenvalue weighted by atomic mass is 10.1. The summed E-state index contributed by atoms with van der Waals surface area (Å²) in [6.07, 6.45) is -3.57. The molecule has 0 heterocycles. The molecule has 2 rings (SSSR count). The standard InChI is InChI=1S/C14H10F3N3O3/c15-14(16,17)9-5-11(13(18)12(6-9)20(22)23)19-7-8-1-3-10(21)4-2-8/h1-7,21H,18H2. The van der Waals surface area contributed by atoms with Crippen molar-refractivity contribution in [2.45, 2.75) is 6.18 Å². The molecule has 2 aromatic carbocycles. The van der Waals surface area contributed by atoms with Gasteiger partial charge in [0, 0.05) is 12.3 Å². The van der Waals surface area contributed by atoms with Crippen molar-refractivity contribution < 1.29 is 23.2 Å². The Balaban J connectivity index is 2.50. The summed E-state index contributed by atoms with van der Waals surface area (Å²) in [6.45, 7) is 0. The third kappa shape index (κ3) is 3.76. The lowest BCUT2D eigenvalue weighted by molar-refractivity contribution is -0.384. The van der Waals surface area contributed by atoms with Gasteiger partial charge >= 0.3 is 6.18 Å². The first-order valence-electron chi connectivity index (χ1n) is 6.16. The first-order chi connectivity index (χ1) is 10.7. The number of alkyl halides is 3. The van der Waals surface area contributed by atoms with E-state index < -0.39 is 28.0 Å². The van der Waals surface area contributed by atoms with Crippen molar-refractivity contribution in [1.82, 2.24) is 0 Å². The maximum absolute atomic E-state index is 12.8. The molecule has 0 aliphatic heterocycles. The zero-order valence-electron chi connectivity index (χ0n) is 11.4. The van der Waals surface area contributed by atoms with Crippen LogP contribution in [0.3, 0.4) is 0 Å². The van der Waals surface area contributed by atoms with Gasteiger partial charge in [-0.25, -0.2) is 0 Å². The summed E-state index contributed by atoms with van der Waals surface area (Å²) in [4.78, 5) is 13.6. The number of nitrogen functional groups attached to an aromatic ring is 1. The fourth-order valence-corrected chi connectivity index (χ4v) is 1.75. The molecule has 0 atom stereocenters. The number of nitro groups is 1. The van der Waals surface area contributed by atoms with Gasteiger partial charge in [-0.05, 0) is 35.9 Å². The second-order valence-electron chi connectivity index (χ2n) is 4.53. The Morgan fingerprint density at radius 1 is 1.22 bits per heavy atom. The molecule has 0 amide bonds. The summed E-state index contributed by atoms with van der Waals surface area (Å²) in [5.41, 5.74) is 3.10. The van der Waals surface area contributed by atoms with E-state index in [-0.39, 0.29) is 11.4 Å². The number of nitrogens with two attached hydrogens (primary N) is 1. The molecule has 0 fully saturated rings. The van der Waals surface area contributed by atoms with Crippen LogP contribution in [0.4, 0.5) is 30.2 Å². The lowest BCUT2D eigenvalue weighted by Crippen LogP contribution is -2.07. The van der Waals surface area contributed by atoms with E-state index in [4.69, 9.17) is 10.8 Å². The van der Waals surface area contributed by atoms with Crippen LogP contribution in [0, 0.1) is 10.1 Å². The summed E-state index contributed by atoms with van der Waals surface area (Å²) in [5.74, 6) is 0.0105. The van der Waals surface area contributed by atoms with Crippen LogP contribution in [0.15, 0.2) is 41.4 Å². The van der Waals surface area contributed by atoms with Crippen LogP contribution < -0.4 is 5.73 Å². The molecular weight excluding hydrogens is 315 g/mol. The lowest BCUT2D eigenvalue weighted by Gasteiger charge is -2.09. The van der Waals surface area contributed by atoms with Crippen LogP contribution in [0.5, 0.6) is 5.75 Å². The molecular formula is C14H10F3N3O3. The smallest absolute Gasteiger partial charge is 0.416 e. The number of nitro benzene ring substituents is 1. The summed E-state index contributed by atoms with van der Waals surface area (Å²) in [7, 11) is 0. The predicted molar refractivity (Wildman–Crippen MR) is 77.9 cm³/mol. The van der Waals surface area contributed by atoms with Crippen LogP contribution in [0.25, 0.3) is 0 Å². The van der Waals surface area contributed by atoms with E-state index >= 15 is 0 Å². The van der Waals surface area contributed by atoms with Gasteiger partial charge in [0.1, 0.15) is 11.4 Å². The molecule has 0 radical (unpaired) electrons. The molecule has 3 N–H and O–H groups in total. The number of anilines is 1. The van der Waals surface area contributed by atoms with Gasteiger partial charge < -0.3 is 10.8 Å². The minimum atomic E-state index is -4.76. The molecule has 9 heteroatoms. The van der Waals surface area contributed by atoms with Crippen LogP contribution >= 0.6 is 0 Å². The van der Waals surface area contributed by atoms with E-state index in [9.17, 15) is 23.3 Å². The third-order valence-corrected chi connectivity index (χ3v) is 2.91. The number of hydrogen-bond donors (Lipinski definition) is 2. The van der Waals surface area contributed by atoms with Crippen molar-refractivity contribution in [3.8, 4) is 5.75 Å². The quantitative estimate of drug-likeness (QED) is 0.389. The average Bonchev–Trinajstić information content (AvgIpc) is 2.46. The van der Waals surface area contributed by atoms with E-state index in [2.05, 4.69) is 4.99 Å². The van der Waals surface area contributed by atoms with Crippen molar-refractivity contribution in [3.63, 3.8) is 0 Å². The second kappa shape index (κ2) is 5.95. The molecule has 0 saturated carbocycles. The highest BCUT2D eigenvalue weighted by Crippen LogP contribution is 2.39. The van der Waals surface area contributed by atoms with Gasteiger partial charge in [0.25, 0.3) is 5.69 Å². The third-order valence-electron chi connectivity index (χ3n) is 2.91. The normalized spacial score (nSPS) is 11.8.